The van der Waals surface area contributed by atoms with Crippen LogP contribution in [0.15, 0.2) is 35.5 Å². The number of aryl methyl sites for hydroxylation is 2. The lowest BCUT2D eigenvalue weighted by molar-refractivity contribution is 0.190. The Morgan fingerprint density at radius 1 is 1.11 bits per heavy atom. The summed E-state index contributed by atoms with van der Waals surface area (Å²) in [5.74, 6) is 1.70. The lowest BCUT2D eigenvalue weighted by Crippen LogP contribution is -2.34. The van der Waals surface area contributed by atoms with E-state index >= 15 is 0 Å². The van der Waals surface area contributed by atoms with Crippen LogP contribution in [0.5, 0.6) is 0 Å². The van der Waals surface area contributed by atoms with Gasteiger partial charge in [-0.15, -0.1) is 11.3 Å². The zero-order valence-corrected chi connectivity index (χ0v) is 23.4. The van der Waals surface area contributed by atoms with Crippen LogP contribution in [0.1, 0.15) is 71.3 Å². The molecule has 5 aromatic rings. The van der Waals surface area contributed by atoms with Crippen LogP contribution in [0.2, 0.25) is 0 Å². The van der Waals surface area contributed by atoms with E-state index in [-0.39, 0.29) is 5.56 Å². The minimum absolute atomic E-state index is 0.0131. The van der Waals surface area contributed by atoms with Gasteiger partial charge in [0.25, 0.3) is 0 Å². The number of hydrogen-bond acceptors (Lipinski definition) is 5. The van der Waals surface area contributed by atoms with Crippen molar-refractivity contribution in [3.63, 3.8) is 0 Å². The first-order valence-electron chi connectivity index (χ1n) is 13.7. The molecule has 0 spiro atoms. The van der Waals surface area contributed by atoms with Crippen molar-refractivity contribution in [2.24, 2.45) is 5.92 Å². The third kappa shape index (κ3) is 3.53. The van der Waals surface area contributed by atoms with Crippen molar-refractivity contribution >= 4 is 27.2 Å². The van der Waals surface area contributed by atoms with E-state index in [0.717, 1.165) is 24.4 Å². The lowest BCUT2D eigenvalue weighted by atomic mass is 9.88. The van der Waals surface area contributed by atoms with Crippen LogP contribution >= 0.6 is 11.3 Å². The van der Waals surface area contributed by atoms with E-state index in [2.05, 4.69) is 65.8 Å². The molecule has 3 atom stereocenters. The first kappa shape index (κ1) is 23.9. The first-order chi connectivity index (χ1) is 18.3. The van der Waals surface area contributed by atoms with Gasteiger partial charge in [-0.05, 0) is 79.7 Å². The summed E-state index contributed by atoms with van der Waals surface area (Å²) in [7, 11) is 0. The molecule has 0 aromatic carbocycles. The van der Waals surface area contributed by atoms with Crippen LogP contribution in [0.25, 0.3) is 27.1 Å². The summed E-state index contributed by atoms with van der Waals surface area (Å²) in [5, 5.41) is 5.86. The zero-order valence-electron chi connectivity index (χ0n) is 22.6. The minimum atomic E-state index is -0.0131. The van der Waals surface area contributed by atoms with Crippen LogP contribution in [0.3, 0.4) is 0 Å². The maximum atomic E-state index is 11.7. The van der Waals surface area contributed by atoms with E-state index in [1.807, 2.05) is 28.0 Å². The van der Waals surface area contributed by atoms with Crippen LogP contribution in [-0.4, -0.2) is 42.1 Å². The number of aromatic nitrogens is 5. The fourth-order valence-electron chi connectivity index (χ4n) is 7.21. The van der Waals surface area contributed by atoms with Crippen molar-refractivity contribution in [2.75, 3.05) is 6.54 Å². The van der Waals surface area contributed by atoms with E-state index in [1.54, 1.807) is 17.3 Å². The number of aromatic amines is 2. The molecule has 2 fully saturated rings. The van der Waals surface area contributed by atoms with Crippen LogP contribution in [0.4, 0.5) is 0 Å². The van der Waals surface area contributed by atoms with E-state index in [1.165, 1.54) is 56.6 Å². The lowest BCUT2D eigenvalue weighted by Gasteiger charge is -2.31. The third-order valence-corrected chi connectivity index (χ3v) is 10.5. The maximum absolute atomic E-state index is 11.7. The number of nitrogens with one attached hydrogen (secondary N) is 2. The Hall–Kier alpha value is -3.23. The summed E-state index contributed by atoms with van der Waals surface area (Å²) in [4.78, 5) is 28.5. The average molecular weight is 527 g/mol. The molecule has 1 saturated heterocycles. The second-order valence-electron chi connectivity index (χ2n) is 11.6. The number of nitrogens with zero attached hydrogens (tertiary/aromatic N) is 4. The summed E-state index contributed by atoms with van der Waals surface area (Å²) in [6.07, 6.45) is 6.23. The molecule has 6 heterocycles. The van der Waals surface area contributed by atoms with Crippen LogP contribution in [0, 0.1) is 26.7 Å². The fourth-order valence-corrected chi connectivity index (χ4v) is 8.64. The van der Waals surface area contributed by atoms with Crippen molar-refractivity contribution < 1.29 is 0 Å². The highest BCUT2D eigenvalue weighted by atomic mass is 32.1. The Kier molecular flexibility index (Phi) is 5.43. The highest BCUT2D eigenvalue weighted by molar-refractivity contribution is 7.19. The van der Waals surface area contributed by atoms with Gasteiger partial charge in [-0.3, -0.25) is 9.69 Å². The molecule has 0 amide bonds. The number of pyridine rings is 2. The molecule has 0 radical (unpaired) electrons. The molecule has 1 aliphatic heterocycles. The molecular weight excluding hydrogens is 492 g/mol. The highest BCUT2D eigenvalue weighted by Crippen LogP contribution is 2.53. The van der Waals surface area contributed by atoms with Crippen molar-refractivity contribution in [1.82, 2.24) is 29.5 Å². The van der Waals surface area contributed by atoms with Crippen molar-refractivity contribution in [3.05, 3.63) is 73.9 Å². The molecule has 8 heteroatoms. The average Bonchev–Trinajstić information content (AvgIpc) is 3.68. The smallest absolute Gasteiger partial charge is 0.248 e. The van der Waals surface area contributed by atoms with Crippen molar-refractivity contribution in [2.45, 2.75) is 71.9 Å². The van der Waals surface area contributed by atoms with E-state index < -0.39 is 0 Å². The third-order valence-electron chi connectivity index (χ3n) is 9.13. The largest absolute Gasteiger partial charge is 0.346 e. The molecule has 7 rings (SSSR count). The van der Waals surface area contributed by atoms with Gasteiger partial charge in [0.05, 0.1) is 5.69 Å². The maximum Gasteiger partial charge on any atom is 0.248 e. The summed E-state index contributed by atoms with van der Waals surface area (Å²) < 4.78 is 1.90. The molecule has 1 saturated carbocycles. The molecule has 196 valence electrons. The van der Waals surface area contributed by atoms with Gasteiger partial charge in [-0.2, -0.15) is 5.10 Å². The van der Waals surface area contributed by atoms with Crippen molar-refractivity contribution in [1.29, 1.82) is 0 Å². The Labute approximate surface area is 225 Å². The van der Waals surface area contributed by atoms with Gasteiger partial charge >= 0.3 is 0 Å². The molecule has 2 N–H and O–H groups in total. The SMILES string of the molecule is Cc1c(-c2[nH]c3sc([C@@H]4C[C@@H]5C[C@H]4CN5Cc4cccc(=O)[nH]4)c(C)c3c2C(C)C)cn2ncnc2c1C. The van der Waals surface area contributed by atoms with E-state index in [9.17, 15) is 4.79 Å². The Balaban J connectivity index is 1.23. The number of likely N-dealkylation sites (tertiary alicyclic amines) is 1. The summed E-state index contributed by atoms with van der Waals surface area (Å²) >= 11 is 1.97. The van der Waals surface area contributed by atoms with E-state index in [0.29, 0.717) is 23.8 Å². The van der Waals surface area contributed by atoms with Gasteiger partial charge in [-0.25, -0.2) is 9.50 Å². The van der Waals surface area contributed by atoms with Gasteiger partial charge in [-0.1, -0.05) is 19.9 Å². The second kappa shape index (κ2) is 8.64. The molecule has 38 heavy (non-hydrogen) atoms. The van der Waals surface area contributed by atoms with Gasteiger partial charge < -0.3 is 9.97 Å². The van der Waals surface area contributed by atoms with Gasteiger partial charge in [0.1, 0.15) is 11.2 Å². The van der Waals surface area contributed by atoms with E-state index in [4.69, 9.17) is 0 Å². The minimum Gasteiger partial charge on any atom is -0.346 e. The van der Waals surface area contributed by atoms with Crippen molar-refractivity contribution in [3.8, 4) is 11.3 Å². The monoisotopic (exact) mass is 526 g/mol. The topological polar surface area (TPSA) is 82.1 Å². The molecule has 2 bridgehead atoms. The normalized spacial score (nSPS) is 21.6. The number of piperidine rings is 1. The predicted octanol–water partition coefficient (Wildman–Crippen LogP) is 6.05. The number of fused-ring (bicyclic) bond motifs is 4. The quantitative estimate of drug-likeness (QED) is 0.292. The molecule has 2 aliphatic rings. The van der Waals surface area contributed by atoms with Gasteiger partial charge in [0.15, 0.2) is 5.65 Å². The van der Waals surface area contributed by atoms with Crippen LogP contribution in [-0.2, 0) is 6.54 Å². The molecule has 1 aliphatic carbocycles. The van der Waals surface area contributed by atoms with Gasteiger partial charge in [0.2, 0.25) is 5.56 Å². The Morgan fingerprint density at radius 3 is 2.68 bits per heavy atom. The summed E-state index contributed by atoms with van der Waals surface area (Å²) in [5.41, 5.74) is 9.68. The number of hydrogen-bond donors (Lipinski definition) is 2. The fraction of sp³-hybridized carbons (Fsp3) is 0.433. The Morgan fingerprint density at radius 2 is 1.95 bits per heavy atom. The number of H-pyrrole nitrogens is 2. The molecule has 0 unspecified atom stereocenters. The predicted molar refractivity (Wildman–Crippen MR) is 153 cm³/mol. The molecule has 5 aromatic heterocycles. The highest BCUT2D eigenvalue weighted by Gasteiger charge is 2.46. The standard InChI is InChI=1S/C30H34N6OS/c1-15(2)25-26-18(5)28(22-10-21-9-19(22)11-35(21)12-20-7-6-8-24(37)33-20)38-30(26)34-27(25)23-13-36-29(31-14-32-36)17(4)16(23)3/h6-8,13-15,19,21-22,34H,9-12H2,1-5H3,(H,33,37)/t19-,21-,22+/m0/s1. The molecule has 7 nitrogen and oxygen atoms in total. The number of rotatable bonds is 5. The first-order valence-corrected chi connectivity index (χ1v) is 14.5. The van der Waals surface area contributed by atoms with Crippen LogP contribution < -0.4 is 5.56 Å². The summed E-state index contributed by atoms with van der Waals surface area (Å²) in [6, 6.07) is 6.07. The van der Waals surface area contributed by atoms with Gasteiger partial charge in [0, 0.05) is 52.9 Å². The Bertz CT molecular complexity index is 1750. The zero-order chi connectivity index (χ0) is 26.3. The number of thiophene rings is 1. The summed E-state index contributed by atoms with van der Waals surface area (Å²) in [6.45, 7) is 13.2. The molecular formula is C30H34N6OS. The second-order valence-corrected chi connectivity index (χ2v) is 12.7.